The molecule has 49 heavy (non-hydrogen) atoms. The molecule has 0 saturated heterocycles. The van der Waals surface area contributed by atoms with Gasteiger partial charge in [-0.1, -0.05) is 42.5 Å². The van der Waals surface area contributed by atoms with Crippen LogP contribution in [-0.2, 0) is 11.2 Å². The number of rotatable bonds is 12. The number of amides is 2. The predicted molar refractivity (Wildman–Crippen MR) is 184 cm³/mol. The van der Waals surface area contributed by atoms with E-state index in [1.54, 1.807) is 60.8 Å². The third kappa shape index (κ3) is 9.01. The molecule has 1 aromatic heterocycles. The lowest BCUT2D eigenvalue weighted by Gasteiger charge is -2.29. The first-order chi connectivity index (χ1) is 23.9. The Labute approximate surface area is 283 Å². The van der Waals surface area contributed by atoms with Crippen LogP contribution in [0.5, 0.6) is 28.9 Å². The first-order valence-corrected chi connectivity index (χ1v) is 16.0. The van der Waals surface area contributed by atoms with Crippen LogP contribution in [0.1, 0.15) is 52.0 Å². The number of aromatic carboxylic acids is 1. The van der Waals surface area contributed by atoms with Gasteiger partial charge in [-0.2, -0.15) is 0 Å². The van der Waals surface area contributed by atoms with Crippen molar-refractivity contribution in [2.75, 3.05) is 5.32 Å². The van der Waals surface area contributed by atoms with Gasteiger partial charge in [0.25, 0.3) is 5.91 Å². The van der Waals surface area contributed by atoms with Crippen LogP contribution in [0.3, 0.4) is 0 Å². The van der Waals surface area contributed by atoms with E-state index in [0.29, 0.717) is 22.8 Å². The van der Waals surface area contributed by atoms with E-state index in [1.807, 2.05) is 54.6 Å². The van der Waals surface area contributed by atoms with Gasteiger partial charge in [0, 0.05) is 12.2 Å². The highest BCUT2D eigenvalue weighted by atomic mass is 16.5. The van der Waals surface area contributed by atoms with Crippen molar-refractivity contribution in [2.24, 2.45) is 0 Å². The maximum Gasteiger partial charge on any atom is 0.337 e. The number of nitrogens with one attached hydrogen (secondary N) is 2. The molecule has 0 radical (unpaired) electrons. The number of anilines is 1. The predicted octanol–water partition coefficient (Wildman–Crippen LogP) is 7.67. The second kappa shape index (κ2) is 15.6. The Morgan fingerprint density at radius 2 is 1.29 bits per heavy atom. The third-order valence-corrected chi connectivity index (χ3v) is 8.06. The van der Waals surface area contributed by atoms with Crippen molar-refractivity contribution < 1.29 is 33.7 Å². The van der Waals surface area contributed by atoms with Crippen LogP contribution in [0.2, 0.25) is 0 Å². The van der Waals surface area contributed by atoms with Crippen molar-refractivity contribution in [3.8, 4) is 28.9 Å². The summed E-state index contributed by atoms with van der Waals surface area (Å²) in [5, 5.41) is 15.1. The van der Waals surface area contributed by atoms with Crippen molar-refractivity contribution in [2.45, 2.75) is 44.2 Å². The number of carboxylic acids is 1. The molecule has 0 bridgehead atoms. The molecule has 2 amide bonds. The van der Waals surface area contributed by atoms with E-state index in [-0.39, 0.29) is 47.5 Å². The van der Waals surface area contributed by atoms with Gasteiger partial charge in [-0.25, -0.2) is 9.78 Å². The fourth-order valence-corrected chi connectivity index (χ4v) is 5.58. The van der Waals surface area contributed by atoms with Crippen molar-refractivity contribution in [1.82, 2.24) is 10.3 Å². The molecule has 0 spiro atoms. The highest BCUT2D eigenvalue weighted by Gasteiger charge is 2.25. The molecule has 1 saturated carbocycles. The summed E-state index contributed by atoms with van der Waals surface area (Å²) in [6, 6.07) is 33.6. The molecular formula is C39H35N3O7. The van der Waals surface area contributed by atoms with Crippen LogP contribution in [0.4, 0.5) is 5.69 Å². The Morgan fingerprint density at radius 1 is 0.673 bits per heavy atom. The molecular weight excluding hydrogens is 622 g/mol. The summed E-state index contributed by atoms with van der Waals surface area (Å²) in [4.78, 5) is 41.3. The maximum absolute atomic E-state index is 13.1. The molecule has 3 N–H and O–H groups in total. The molecule has 4 aromatic carbocycles. The summed E-state index contributed by atoms with van der Waals surface area (Å²) in [7, 11) is 0. The quantitative estimate of drug-likeness (QED) is 0.124. The lowest BCUT2D eigenvalue weighted by molar-refractivity contribution is -0.115. The summed E-state index contributed by atoms with van der Waals surface area (Å²) >= 11 is 0. The van der Waals surface area contributed by atoms with Gasteiger partial charge >= 0.3 is 5.97 Å². The number of hydrogen-bond acceptors (Lipinski definition) is 7. The number of carboxylic acid groups (broad SMARTS) is 1. The lowest BCUT2D eigenvalue weighted by Crippen LogP contribution is -2.39. The number of para-hydroxylation sites is 2. The molecule has 10 heteroatoms. The molecule has 1 aliphatic carbocycles. The molecule has 1 fully saturated rings. The van der Waals surface area contributed by atoms with E-state index in [9.17, 15) is 19.5 Å². The zero-order chi connectivity index (χ0) is 34.0. The van der Waals surface area contributed by atoms with Crippen LogP contribution >= 0.6 is 0 Å². The zero-order valence-electron chi connectivity index (χ0n) is 26.6. The molecule has 10 nitrogen and oxygen atoms in total. The highest BCUT2D eigenvalue weighted by molar-refractivity contribution is 6.01. The minimum Gasteiger partial charge on any atom is -0.490 e. The Hall–Kier alpha value is -6.16. The normalized spacial score (nSPS) is 15.4. The van der Waals surface area contributed by atoms with Crippen LogP contribution in [0.15, 0.2) is 121 Å². The van der Waals surface area contributed by atoms with Crippen LogP contribution in [0.25, 0.3) is 0 Å². The van der Waals surface area contributed by atoms with E-state index in [4.69, 9.17) is 14.2 Å². The largest absolute Gasteiger partial charge is 0.490 e. The van der Waals surface area contributed by atoms with Gasteiger partial charge < -0.3 is 30.0 Å². The number of carbonyl (C=O) groups is 3. The Morgan fingerprint density at radius 3 is 2.00 bits per heavy atom. The zero-order valence-corrected chi connectivity index (χ0v) is 26.6. The van der Waals surface area contributed by atoms with Crippen LogP contribution in [-0.4, -0.2) is 40.0 Å². The fourth-order valence-electron chi connectivity index (χ4n) is 5.58. The van der Waals surface area contributed by atoms with E-state index < -0.39 is 5.97 Å². The van der Waals surface area contributed by atoms with Crippen molar-refractivity contribution >= 4 is 23.5 Å². The maximum atomic E-state index is 13.1. The second-order valence-corrected chi connectivity index (χ2v) is 11.6. The van der Waals surface area contributed by atoms with E-state index in [2.05, 4.69) is 15.6 Å². The first kappa shape index (κ1) is 32.8. The van der Waals surface area contributed by atoms with Gasteiger partial charge in [-0.15, -0.1) is 0 Å². The van der Waals surface area contributed by atoms with Crippen molar-refractivity contribution in [1.29, 1.82) is 0 Å². The number of aromatic nitrogens is 1. The number of carbonyl (C=O) groups excluding carboxylic acids is 2. The Kier molecular flexibility index (Phi) is 10.4. The summed E-state index contributed by atoms with van der Waals surface area (Å²) < 4.78 is 18.1. The van der Waals surface area contributed by atoms with Gasteiger partial charge in [-0.05, 0) is 104 Å². The highest BCUT2D eigenvalue weighted by Crippen LogP contribution is 2.29. The number of ether oxygens (including phenoxy) is 3. The average Bonchev–Trinajstić information content (AvgIpc) is 3.11. The molecule has 0 atom stereocenters. The summed E-state index contributed by atoms with van der Waals surface area (Å²) in [6.45, 7) is 0. The third-order valence-electron chi connectivity index (χ3n) is 8.06. The van der Waals surface area contributed by atoms with Gasteiger partial charge in [0.1, 0.15) is 28.6 Å². The Bertz CT molecular complexity index is 1890. The number of benzene rings is 4. The minimum absolute atomic E-state index is 0.0299. The van der Waals surface area contributed by atoms with Crippen LogP contribution in [0, 0.1) is 0 Å². The molecule has 6 rings (SSSR count). The average molecular weight is 658 g/mol. The van der Waals surface area contributed by atoms with E-state index in [1.165, 1.54) is 6.07 Å². The smallest absolute Gasteiger partial charge is 0.337 e. The van der Waals surface area contributed by atoms with E-state index >= 15 is 0 Å². The summed E-state index contributed by atoms with van der Waals surface area (Å²) in [5.41, 5.74) is 1.45. The van der Waals surface area contributed by atoms with E-state index in [0.717, 1.165) is 37.0 Å². The van der Waals surface area contributed by atoms with Gasteiger partial charge in [0.15, 0.2) is 0 Å². The summed E-state index contributed by atoms with van der Waals surface area (Å²) in [6.07, 6.45) is 4.93. The van der Waals surface area contributed by atoms with Crippen molar-refractivity contribution in [3.63, 3.8) is 0 Å². The first-order valence-electron chi connectivity index (χ1n) is 16.0. The standard InChI is InChI=1S/C39H35N3O7/c43-36(42-35-11-5-4-9-33(35)39(45)46)25-26-12-16-29(17-13-26)47-31-20-22-32(23-21-31)48-30-18-14-27(15-19-30)41-37(44)34-10-6-24-40-38(34)49-28-7-2-1-3-8-28/h1-13,16-17,20-24,27,30H,14-15,18-19,25H2,(H,41,44)(H,42,43)(H,45,46). The Balaban J connectivity index is 0.942. The molecule has 1 heterocycles. The van der Waals surface area contributed by atoms with Gasteiger partial charge in [0.05, 0.1) is 23.8 Å². The molecule has 5 aromatic rings. The molecule has 0 aliphatic heterocycles. The molecule has 1 aliphatic rings. The van der Waals surface area contributed by atoms with Gasteiger partial charge in [-0.3, -0.25) is 9.59 Å². The monoisotopic (exact) mass is 657 g/mol. The van der Waals surface area contributed by atoms with Crippen LogP contribution < -0.4 is 24.8 Å². The fraction of sp³-hybridized carbons (Fsp3) is 0.179. The second-order valence-electron chi connectivity index (χ2n) is 11.6. The minimum atomic E-state index is -1.10. The summed E-state index contributed by atoms with van der Waals surface area (Å²) in [5.74, 6) is 1.25. The topological polar surface area (TPSA) is 136 Å². The number of nitrogens with zero attached hydrogens (tertiary/aromatic N) is 1. The molecule has 0 unspecified atom stereocenters. The lowest BCUT2D eigenvalue weighted by atomic mass is 9.92. The SMILES string of the molecule is O=C(Cc1ccc(Oc2ccc(OC3CCC(NC(=O)c4cccnc4Oc4ccccc4)CC3)cc2)cc1)Nc1ccccc1C(=O)O. The molecule has 248 valence electrons. The van der Waals surface area contributed by atoms with Gasteiger partial charge in [0.2, 0.25) is 11.8 Å². The van der Waals surface area contributed by atoms with Crippen molar-refractivity contribution in [3.05, 3.63) is 138 Å². The number of pyridine rings is 1. The number of hydrogen-bond donors (Lipinski definition) is 3.